The Morgan fingerprint density at radius 1 is 1.29 bits per heavy atom. The summed E-state index contributed by atoms with van der Waals surface area (Å²) in [6.45, 7) is 3.24. The average Bonchev–Trinajstić information content (AvgIpc) is 3.22. The molecular weight excluding hydrogens is 258 g/mol. The predicted octanol–water partition coefficient (Wildman–Crippen LogP) is 3.20. The summed E-state index contributed by atoms with van der Waals surface area (Å²) in [4.78, 5) is 0. The molecule has 0 amide bonds. The maximum atomic E-state index is 4.26. The Labute approximate surface area is 127 Å². The molecule has 1 unspecified atom stereocenters. The Morgan fingerprint density at radius 3 is 2.67 bits per heavy atom. The minimum absolute atomic E-state index is 0.589. The molecule has 0 radical (unpaired) electrons. The van der Waals surface area contributed by atoms with Crippen LogP contribution in [0.1, 0.15) is 41.9 Å². The molecule has 3 heteroatoms. The molecule has 0 saturated heterocycles. The molecular formula is C18H25N3. The van der Waals surface area contributed by atoms with Crippen LogP contribution in [0.2, 0.25) is 0 Å². The lowest BCUT2D eigenvalue weighted by Crippen LogP contribution is -2.24. The highest BCUT2D eigenvalue weighted by molar-refractivity contribution is 5.25. The summed E-state index contributed by atoms with van der Waals surface area (Å²) in [5, 5.41) is 7.95. The third kappa shape index (κ3) is 4.18. The van der Waals surface area contributed by atoms with E-state index < -0.39 is 0 Å². The number of benzene rings is 1. The maximum absolute atomic E-state index is 4.26. The van der Waals surface area contributed by atoms with Gasteiger partial charge in [-0.15, -0.1) is 0 Å². The van der Waals surface area contributed by atoms with Gasteiger partial charge in [0.05, 0.1) is 6.20 Å². The number of hydrogen-bond acceptors (Lipinski definition) is 2. The molecule has 1 N–H and O–H groups in total. The molecule has 1 aliphatic carbocycles. The zero-order valence-corrected chi connectivity index (χ0v) is 13.0. The van der Waals surface area contributed by atoms with Crippen LogP contribution in [0.15, 0.2) is 36.7 Å². The Hall–Kier alpha value is -1.61. The van der Waals surface area contributed by atoms with Crippen molar-refractivity contribution in [1.29, 1.82) is 0 Å². The van der Waals surface area contributed by atoms with Gasteiger partial charge in [-0.3, -0.25) is 4.68 Å². The van der Waals surface area contributed by atoms with Crippen LogP contribution in [0.5, 0.6) is 0 Å². The minimum atomic E-state index is 0.589. The van der Waals surface area contributed by atoms with E-state index in [1.807, 2.05) is 17.9 Å². The highest BCUT2D eigenvalue weighted by Crippen LogP contribution is 2.25. The number of rotatable bonds is 7. The largest absolute Gasteiger partial charge is 0.313 e. The highest BCUT2D eigenvalue weighted by Gasteiger charge is 2.22. The van der Waals surface area contributed by atoms with E-state index in [-0.39, 0.29) is 0 Å². The van der Waals surface area contributed by atoms with Crippen molar-refractivity contribution in [3.05, 3.63) is 53.3 Å². The number of aryl methyl sites for hydroxylation is 3. The van der Waals surface area contributed by atoms with Crippen LogP contribution in [0.4, 0.5) is 0 Å². The SMILES string of the molecule is Cc1ccc(C(CCc2cnn(C)c2)CNC2CC2)cc1. The Bertz CT molecular complexity index is 566. The number of hydrogen-bond donors (Lipinski definition) is 1. The van der Waals surface area contributed by atoms with E-state index in [1.54, 1.807) is 0 Å². The van der Waals surface area contributed by atoms with Gasteiger partial charge in [0.1, 0.15) is 0 Å². The molecule has 0 aliphatic heterocycles. The van der Waals surface area contributed by atoms with Crippen molar-refractivity contribution in [3.63, 3.8) is 0 Å². The smallest absolute Gasteiger partial charge is 0.0521 e. The van der Waals surface area contributed by atoms with E-state index >= 15 is 0 Å². The van der Waals surface area contributed by atoms with Crippen molar-refractivity contribution in [1.82, 2.24) is 15.1 Å². The van der Waals surface area contributed by atoms with Crippen molar-refractivity contribution >= 4 is 0 Å². The highest BCUT2D eigenvalue weighted by atomic mass is 15.2. The van der Waals surface area contributed by atoms with Gasteiger partial charge in [-0.2, -0.15) is 5.10 Å². The van der Waals surface area contributed by atoms with Crippen LogP contribution in [0.25, 0.3) is 0 Å². The first-order valence-corrected chi connectivity index (χ1v) is 7.98. The molecule has 1 fully saturated rings. The fraction of sp³-hybridized carbons (Fsp3) is 0.500. The molecule has 2 aromatic rings. The molecule has 1 atom stereocenters. The summed E-state index contributed by atoms with van der Waals surface area (Å²) >= 11 is 0. The molecule has 3 nitrogen and oxygen atoms in total. The summed E-state index contributed by atoms with van der Waals surface area (Å²) in [5.41, 5.74) is 4.12. The molecule has 3 rings (SSSR count). The van der Waals surface area contributed by atoms with Gasteiger partial charge in [0.25, 0.3) is 0 Å². The number of aromatic nitrogens is 2. The van der Waals surface area contributed by atoms with E-state index in [9.17, 15) is 0 Å². The van der Waals surface area contributed by atoms with E-state index in [4.69, 9.17) is 0 Å². The number of nitrogens with one attached hydrogen (secondary N) is 1. The van der Waals surface area contributed by atoms with Crippen LogP contribution < -0.4 is 5.32 Å². The summed E-state index contributed by atoms with van der Waals surface area (Å²) < 4.78 is 1.89. The molecule has 112 valence electrons. The molecule has 1 saturated carbocycles. The van der Waals surface area contributed by atoms with Crippen LogP contribution in [-0.4, -0.2) is 22.4 Å². The van der Waals surface area contributed by atoms with Crippen molar-refractivity contribution in [2.24, 2.45) is 7.05 Å². The maximum Gasteiger partial charge on any atom is 0.0521 e. The second-order valence-corrected chi connectivity index (χ2v) is 6.35. The predicted molar refractivity (Wildman–Crippen MR) is 86.5 cm³/mol. The summed E-state index contributed by atoms with van der Waals surface area (Å²) in [6.07, 6.45) is 9.08. The van der Waals surface area contributed by atoms with Gasteiger partial charge in [-0.1, -0.05) is 29.8 Å². The summed E-state index contributed by atoms with van der Waals surface area (Å²) in [5.74, 6) is 0.589. The number of nitrogens with zero attached hydrogens (tertiary/aromatic N) is 2. The molecule has 0 bridgehead atoms. The lowest BCUT2D eigenvalue weighted by Gasteiger charge is -2.18. The first-order chi connectivity index (χ1) is 10.2. The monoisotopic (exact) mass is 283 g/mol. The van der Waals surface area contributed by atoms with Gasteiger partial charge in [0.2, 0.25) is 0 Å². The van der Waals surface area contributed by atoms with Crippen molar-refractivity contribution in [3.8, 4) is 0 Å². The normalized spacial score (nSPS) is 16.1. The molecule has 1 aromatic carbocycles. The minimum Gasteiger partial charge on any atom is -0.313 e. The van der Waals surface area contributed by atoms with Crippen LogP contribution in [0.3, 0.4) is 0 Å². The van der Waals surface area contributed by atoms with Gasteiger partial charge in [0, 0.05) is 25.8 Å². The van der Waals surface area contributed by atoms with Crippen molar-refractivity contribution in [2.75, 3.05) is 6.54 Å². The summed E-state index contributed by atoms with van der Waals surface area (Å²) in [6, 6.07) is 9.80. The topological polar surface area (TPSA) is 29.9 Å². The van der Waals surface area contributed by atoms with E-state index in [0.29, 0.717) is 5.92 Å². The van der Waals surface area contributed by atoms with Gasteiger partial charge < -0.3 is 5.32 Å². The van der Waals surface area contributed by atoms with Crippen molar-refractivity contribution in [2.45, 2.75) is 44.6 Å². The van der Waals surface area contributed by atoms with Gasteiger partial charge in [-0.25, -0.2) is 0 Å². The van der Waals surface area contributed by atoms with E-state index in [1.165, 1.54) is 36.0 Å². The Kier molecular flexibility index (Phi) is 4.39. The first-order valence-electron chi connectivity index (χ1n) is 7.98. The Balaban J connectivity index is 1.63. The second-order valence-electron chi connectivity index (χ2n) is 6.35. The van der Waals surface area contributed by atoms with E-state index in [2.05, 4.69) is 47.8 Å². The molecule has 1 heterocycles. The van der Waals surface area contributed by atoms with Gasteiger partial charge in [0.15, 0.2) is 0 Å². The van der Waals surface area contributed by atoms with Gasteiger partial charge in [-0.05, 0) is 49.7 Å². The molecule has 1 aliphatic rings. The molecule has 1 aromatic heterocycles. The summed E-state index contributed by atoms with van der Waals surface area (Å²) in [7, 11) is 1.98. The fourth-order valence-electron chi connectivity index (χ4n) is 2.76. The zero-order valence-electron chi connectivity index (χ0n) is 13.0. The van der Waals surface area contributed by atoms with Crippen LogP contribution in [-0.2, 0) is 13.5 Å². The lowest BCUT2D eigenvalue weighted by atomic mass is 9.92. The van der Waals surface area contributed by atoms with Crippen LogP contribution in [0, 0.1) is 6.92 Å². The van der Waals surface area contributed by atoms with E-state index in [0.717, 1.165) is 19.0 Å². The van der Waals surface area contributed by atoms with Gasteiger partial charge >= 0.3 is 0 Å². The standard InChI is InChI=1S/C18H25N3/c1-14-3-6-16(7-4-14)17(12-19-18-9-10-18)8-5-15-11-20-21(2)13-15/h3-4,6-7,11,13,17-19H,5,8-10,12H2,1-2H3. The van der Waals surface area contributed by atoms with Crippen molar-refractivity contribution < 1.29 is 0 Å². The molecule has 21 heavy (non-hydrogen) atoms. The average molecular weight is 283 g/mol. The fourth-order valence-corrected chi connectivity index (χ4v) is 2.76. The molecule has 0 spiro atoms. The third-order valence-corrected chi connectivity index (χ3v) is 4.32. The quantitative estimate of drug-likeness (QED) is 0.845. The first kappa shape index (κ1) is 14.3. The zero-order chi connectivity index (χ0) is 14.7. The third-order valence-electron chi connectivity index (χ3n) is 4.32. The Morgan fingerprint density at radius 2 is 2.05 bits per heavy atom. The second kappa shape index (κ2) is 6.44. The lowest BCUT2D eigenvalue weighted by molar-refractivity contribution is 0.548. The van der Waals surface area contributed by atoms with Crippen LogP contribution >= 0.6 is 0 Å².